The largest absolute Gasteiger partial charge is 0.465 e. The summed E-state index contributed by atoms with van der Waals surface area (Å²) in [5.41, 5.74) is 1.59. The minimum atomic E-state index is -0.335. The van der Waals surface area contributed by atoms with Gasteiger partial charge >= 0.3 is 0 Å². The number of fused-ring (bicyclic) bond motifs is 3. The topological polar surface area (TPSA) is 95.2 Å². The van der Waals surface area contributed by atoms with Crippen LogP contribution in [0.4, 0.5) is 0 Å². The number of rotatable bonds is 4. The van der Waals surface area contributed by atoms with Crippen molar-refractivity contribution in [3.63, 3.8) is 0 Å². The summed E-state index contributed by atoms with van der Waals surface area (Å²) in [5, 5.41) is 7.49. The summed E-state index contributed by atoms with van der Waals surface area (Å²) in [6.07, 6.45) is 1.56. The van der Waals surface area contributed by atoms with E-state index in [-0.39, 0.29) is 24.6 Å². The summed E-state index contributed by atoms with van der Waals surface area (Å²) >= 11 is 0. The molecule has 0 radical (unpaired) electrons. The zero-order valence-corrected chi connectivity index (χ0v) is 14.7. The predicted molar refractivity (Wildman–Crippen MR) is 94.8 cm³/mol. The second kappa shape index (κ2) is 5.91. The standard InChI is InChI=1S/C18H18N4O4/c1-10-4-5-12(25-10)7-19-15(23)9-22-18(24)16-13(8-20-22)17-14(21(16)3)6-11(2)26-17/h4-6,8H,7,9H2,1-3H3,(H,19,23). The summed E-state index contributed by atoms with van der Waals surface area (Å²) in [5.74, 6) is 1.89. The lowest BCUT2D eigenvalue weighted by molar-refractivity contribution is -0.122. The first-order valence-corrected chi connectivity index (χ1v) is 8.20. The summed E-state index contributed by atoms with van der Waals surface area (Å²) in [4.78, 5) is 24.9. The fraction of sp³-hybridized carbons (Fsp3) is 0.278. The Hall–Kier alpha value is -3.29. The van der Waals surface area contributed by atoms with Crippen LogP contribution >= 0.6 is 0 Å². The van der Waals surface area contributed by atoms with Gasteiger partial charge in [0.15, 0.2) is 5.58 Å². The van der Waals surface area contributed by atoms with Crippen molar-refractivity contribution in [3.8, 4) is 0 Å². The molecule has 0 spiro atoms. The first kappa shape index (κ1) is 16.2. The molecule has 1 amide bonds. The lowest BCUT2D eigenvalue weighted by Crippen LogP contribution is -2.33. The average Bonchev–Trinajstić information content (AvgIpc) is 3.25. The van der Waals surface area contributed by atoms with Crippen molar-refractivity contribution in [1.82, 2.24) is 19.7 Å². The Morgan fingerprint density at radius 2 is 2.04 bits per heavy atom. The third-order valence-corrected chi connectivity index (χ3v) is 4.34. The van der Waals surface area contributed by atoms with E-state index in [0.717, 1.165) is 21.7 Å². The van der Waals surface area contributed by atoms with E-state index < -0.39 is 0 Å². The number of nitrogens with one attached hydrogen (secondary N) is 1. The van der Waals surface area contributed by atoms with Crippen molar-refractivity contribution in [1.29, 1.82) is 0 Å². The van der Waals surface area contributed by atoms with Gasteiger partial charge in [-0.3, -0.25) is 9.59 Å². The zero-order chi connectivity index (χ0) is 18.4. The van der Waals surface area contributed by atoms with Crippen molar-refractivity contribution in [2.45, 2.75) is 26.9 Å². The molecule has 4 aromatic heterocycles. The Labute approximate surface area is 148 Å². The number of carbonyl (C=O) groups is 1. The highest BCUT2D eigenvalue weighted by Crippen LogP contribution is 2.27. The van der Waals surface area contributed by atoms with Crippen LogP contribution in [0.25, 0.3) is 22.0 Å². The molecule has 0 saturated carbocycles. The van der Waals surface area contributed by atoms with Gasteiger partial charge in [-0.2, -0.15) is 5.10 Å². The second-order valence-electron chi connectivity index (χ2n) is 6.29. The van der Waals surface area contributed by atoms with Gasteiger partial charge in [-0.05, 0) is 26.0 Å². The number of amides is 1. The first-order chi connectivity index (χ1) is 12.4. The molecule has 134 valence electrons. The number of hydrogen-bond acceptors (Lipinski definition) is 5. The van der Waals surface area contributed by atoms with Crippen LogP contribution in [0.3, 0.4) is 0 Å². The Balaban J connectivity index is 1.60. The van der Waals surface area contributed by atoms with E-state index in [1.165, 1.54) is 0 Å². The Morgan fingerprint density at radius 3 is 2.77 bits per heavy atom. The van der Waals surface area contributed by atoms with Gasteiger partial charge in [-0.25, -0.2) is 4.68 Å². The molecule has 26 heavy (non-hydrogen) atoms. The molecule has 0 aliphatic heterocycles. The minimum absolute atomic E-state index is 0.167. The number of hydrogen-bond donors (Lipinski definition) is 1. The molecule has 0 fully saturated rings. The molecule has 4 aromatic rings. The average molecular weight is 354 g/mol. The van der Waals surface area contributed by atoms with Gasteiger partial charge in [-0.1, -0.05) is 0 Å². The van der Waals surface area contributed by atoms with Gasteiger partial charge in [0.05, 0.1) is 23.6 Å². The van der Waals surface area contributed by atoms with Crippen LogP contribution in [0.2, 0.25) is 0 Å². The molecule has 8 heteroatoms. The quantitative estimate of drug-likeness (QED) is 0.605. The van der Waals surface area contributed by atoms with Crippen LogP contribution in [0.15, 0.2) is 38.0 Å². The molecular weight excluding hydrogens is 336 g/mol. The van der Waals surface area contributed by atoms with Crippen molar-refractivity contribution >= 4 is 27.9 Å². The van der Waals surface area contributed by atoms with Crippen molar-refractivity contribution in [3.05, 3.63) is 52.0 Å². The maximum Gasteiger partial charge on any atom is 0.291 e. The normalized spacial score (nSPS) is 11.5. The third-order valence-electron chi connectivity index (χ3n) is 4.34. The molecule has 0 aromatic carbocycles. The van der Waals surface area contributed by atoms with E-state index in [1.54, 1.807) is 23.9 Å². The molecule has 0 bridgehead atoms. The monoisotopic (exact) mass is 354 g/mol. The highest BCUT2D eigenvalue weighted by Gasteiger charge is 2.18. The van der Waals surface area contributed by atoms with Crippen LogP contribution < -0.4 is 10.9 Å². The fourth-order valence-electron chi connectivity index (χ4n) is 3.10. The second-order valence-corrected chi connectivity index (χ2v) is 6.29. The molecule has 0 aliphatic rings. The molecular formula is C18H18N4O4. The Bertz CT molecular complexity index is 1190. The summed E-state index contributed by atoms with van der Waals surface area (Å²) in [6.45, 7) is 3.78. The van der Waals surface area contributed by atoms with Crippen LogP contribution in [-0.2, 0) is 24.9 Å². The Morgan fingerprint density at radius 1 is 1.23 bits per heavy atom. The van der Waals surface area contributed by atoms with E-state index in [2.05, 4.69) is 10.4 Å². The van der Waals surface area contributed by atoms with Crippen LogP contribution in [0, 0.1) is 13.8 Å². The minimum Gasteiger partial charge on any atom is -0.465 e. The van der Waals surface area contributed by atoms with Gasteiger partial charge < -0.3 is 18.7 Å². The SMILES string of the molecule is Cc1ccc(CNC(=O)Cn2ncc3c4oc(C)cc4n(C)c3c2=O)o1. The van der Waals surface area contributed by atoms with E-state index >= 15 is 0 Å². The van der Waals surface area contributed by atoms with E-state index in [1.807, 2.05) is 26.0 Å². The van der Waals surface area contributed by atoms with Crippen molar-refractivity contribution in [2.75, 3.05) is 0 Å². The first-order valence-electron chi connectivity index (χ1n) is 8.20. The van der Waals surface area contributed by atoms with Gasteiger partial charge in [0.2, 0.25) is 5.91 Å². The molecule has 4 heterocycles. The highest BCUT2D eigenvalue weighted by atomic mass is 16.3. The number of nitrogens with zero attached hydrogens (tertiary/aromatic N) is 3. The zero-order valence-electron chi connectivity index (χ0n) is 14.7. The Kier molecular flexibility index (Phi) is 3.68. The van der Waals surface area contributed by atoms with Gasteiger partial charge in [0, 0.05) is 13.1 Å². The van der Waals surface area contributed by atoms with Crippen LogP contribution in [0.5, 0.6) is 0 Å². The summed E-state index contributed by atoms with van der Waals surface area (Å²) in [7, 11) is 1.80. The van der Waals surface area contributed by atoms with E-state index in [4.69, 9.17) is 8.83 Å². The van der Waals surface area contributed by atoms with Crippen molar-refractivity contribution in [2.24, 2.45) is 7.05 Å². The maximum absolute atomic E-state index is 12.8. The predicted octanol–water partition coefficient (Wildman–Crippen LogP) is 2.01. The van der Waals surface area contributed by atoms with Gasteiger partial charge in [0.1, 0.15) is 29.3 Å². The molecule has 4 rings (SSSR count). The van der Waals surface area contributed by atoms with E-state index in [0.29, 0.717) is 22.2 Å². The molecule has 0 atom stereocenters. The van der Waals surface area contributed by atoms with Gasteiger partial charge in [-0.15, -0.1) is 0 Å². The number of aromatic nitrogens is 3. The molecule has 1 N–H and O–H groups in total. The summed E-state index contributed by atoms with van der Waals surface area (Å²) in [6, 6.07) is 5.50. The van der Waals surface area contributed by atoms with Crippen LogP contribution in [-0.4, -0.2) is 20.3 Å². The highest BCUT2D eigenvalue weighted by molar-refractivity contribution is 6.04. The van der Waals surface area contributed by atoms with E-state index in [9.17, 15) is 9.59 Å². The third kappa shape index (κ3) is 2.59. The smallest absolute Gasteiger partial charge is 0.291 e. The molecule has 0 unspecified atom stereocenters. The molecule has 0 saturated heterocycles. The lowest BCUT2D eigenvalue weighted by Gasteiger charge is -2.06. The number of aryl methyl sites for hydroxylation is 3. The molecule has 8 nitrogen and oxygen atoms in total. The molecule has 0 aliphatic carbocycles. The number of furan rings is 2. The lowest BCUT2D eigenvalue weighted by atomic mass is 10.3. The van der Waals surface area contributed by atoms with Crippen LogP contribution in [0.1, 0.15) is 17.3 Å². The summed E-state index contributed by atoms with van der Waals surface area (Å²) < 4.78 is 14.0. The number of carbonyl (C=O) groups excluding carboxylic acids is 1. The van der Waals surface area contributed by atoms with Crippen molar-refractivity contribution < 1.29 is 13.6 Å². The fourth-order valence-corrected chi connectivity index (χ4v) is 3.10. The maximum atomic E-state index is 12.8. The van der Waals surface area contributed by atoms with Gasteiger partial charge in [0.25, 0.3) is 5.56 Å².